The number of rotatable bonds is 6. The van der Waals surface area contributed by atoms with Gasteiger partial charge in [-0.05, 0) is 31.1 Å². The van der Waals surface area contributed by atoms with Crippen LogP contribution in [0.15, 0.2) is 24.3 Å². The summed E-state index contributed by atoms with van der Waals surface area (Å²) in [6.45, 7) is 8.53. The fraction of sp³-hybridized carbons (Fsp3) is 0.688. The first kappa shape index (κ1) is 19.2. The standard InChI is InChI=1S/C16H27NO2.ClH/c1-5-16(10-7-6-8-11-16)17-13(14(18)19)9-12-15(2,3)4;/h6-8,10,13,17H,5,9,11-12H2,1-4H3,(H,18,19);1H/t13?,16-;/m1./s1. The monoisotopic (exact) mass is 301 g/mol. The second kappa shape index (κ2) is 7.84. The fourth-order valence-electron chi connectivity index (χ4n) is 2.32. The largest absolute Gasteiger partial charge is 0.480 e. The van der Waals surface area contributed by atoms with E-state index in [9.17, 15) is 9.90 Å². The summed E-state index contributed by atoms with van der Waals surface area (Å²) < 4.78 is 0. The molecular weight excluding hydrogens is 274 g/mol. The molecule has 0 aliphatic heterocycles. The van der Waals surface area contributed by atoms with E-state index in [-0.39, 0.29) is 23.4 Å². The normalized spacial score (nSPS) is 23.2. The Morgan fingerprint density at radius 3 is 2.45 bits per heavy atom. The summed E-state index contributed by atoms with van der Waals surface area (Å²) in [5, 5.41) is 12.8. The van der Waals surface area contributed by atoms with Gasteiger partial charge in [0.25, 0.3) is 0 Å². The van der Waals surface area contributed by atoms with Crippen LogP contribution in [0.4, 0.5) is 0 Å². The quantitative estimate of drug-likeness (QED) is 0.781. The molecule has 4 heteroatoms. The van der Waals surface area contributed by atoms with Gasteiger partial charge in [0, 0.05) is 5.54 Å². The molecule has 1 aliphatic carbocycles. The zero-order valence-corrected chi connectivity index (χ0v) is 13.8. The van der Waals surface area contributed by atoms with Gasteiger partial charge in [-0.25, -0.2) is 0 Å². The van der Waals surface area contributed by atoms with Crippen molar-refractivity contribution in [1.82, 2.24) is 5.32 Å². The van der Waals surface area contributed by atoms with E-state index in [1.165, 1.54) is 0 Å². The molecule has 0 spiro atoms. The Morgan fingerprint density at radius 1 is 1.40 bits per heavy atom. The van der Waals surface area contributed by atoms with Crippen molar-refractivity contribution in [3.8, 4) is 0 Å². The molecule has 0 bridgehead atoms. The molecule has 0 fully saturated rings. The molecule has 0 saturated heterocycles. The van der Waals surface area contributed by atoms with Crippen molar-refractivity contribution in [3.05, 3.63) is 24.3 Å². The Hall–Kier alpha value is -0.800. The Balaban J connectivity index is 0.00000361. The van der Waals surface area contributed by atoms with Crippen LogP contribution in [0.3, 0.4) is 0 Å². The average Bonchev–Trinajstić information content (AvgIpc) is 2.34. The third-order valence-electron chi connectivity index (χ3n) is 3.72. The zero-order chi connectivity index (χ0) is 14.5. The smallest absolute Gasteiger partial charge is 0.320 e. The van der Waals surface area contributed by atoms with Crippen molar-refractivity contribution < 1.29 is 9.90 Å². The molecule has 1 rings (SSSR count). The number of allylic oxidation sites excluding steroid dienone is 2. The minimum Gasteiger partial charge on any atom is -0.480 e. The van der Waals surface area contributed by atoms with Gasteiger partial charge in [-0.15, -0.1) is 12.4 Å². The first-order valence-corrected chi connectivity index (χ1v) is 7.13. The molecule has 1 unspecified atom stereocenters. The third-order valence-corrected chi connectivity index (χ3v) is 3.72. The van der Waals surface area contributed by atoms with Crippen LogP contribution in [-0.4, -0.2) is 22.7 Å². The number of halogens is 1. The van der Waals surface area contributed by atoms with Crippen molar-refractivity contribution in [2.24, 2.45) is 5.41 Å². The highest BCUT2D eigenvalue weighted by Gasteiger charge is 2.31. The van der Waals surface area contributed by atoms with E-state index >= 15 is 0 Å². The first-order valence-electron chi connectivity index (χ1n) is 7.13. The van der Waals surface area contributed by atoms with Gasteiger partial charge in [0.2, 0.25) is 0 Å². The number of carbonyl (C=O) groups is 1. The second-order valence-corrected chi connectivity index (χ2v) is 6.64. The maximum absolute atomic E-state index is 11.4. The lowest BCUT2D eigenvalue weighted by Crippen LogP contribution is -2.52. The van der Waals surface area contributed by atoms with Gasteiger partial charge in [-0.1, -0.05) is 52.0 Å². The predicted molar refractivity (Wildman–Crippen MR) is 86.4 cm³/mol. The highest BCUT2D eigenvalue weighted by Crippen LogP contribution is 2.26. The minimum absolute atomic E-state index is 0. The van der Waals surface area contributed by atoms with Gasteiger partial charge in [0.05, 0.1) is 0 Å². The molecule has 0 heterocycles. The minimum atomic E-state index is -0.750. The van der Waals surface area contributed by atoms with Crippen LogP contribution in [0.5, 0.6) is 0 Å². The van der Waals surface area contributed by atoms with Gasteiger partial charge >= 0.3 is 5.97 Å². The van der Waals surface area contributed by atoms with Gasteiger partial charge in [-0.3, -0.25) is 10.1 Å². The van der Waals surface area contributed by atoms with E-state index in [4.69, 9.17) is 0 Å². The molecule has 116 valence electrons. The second-order valence-electron chi connectivity index (χ2n) is 6.64. The van der Waals surface area contributed by atoms with Crippen molar-refractivity contribution in [2.45, 2.75) is 65.0 Å². The molecule has 0 aromatic heterocycles. The molecular formula is C16H28ClNO2. The van der Waals surface area contributed by atoms with Crippen LogP contribution in [0.1, 0.15) is 53.4 Å². The van der Waals surface area contributed by atoms with Crippen LogP contribution in [-0.2, 0) is 4.79 Å². The van der Waals surface area contributed by atoms with Crippen LogP contribution in [0, 0.1) is 5.41 Å². The van der Waals surface area contributed by atoms with Crippen LogP contribution < -0.4 is 5.32 Å². The maximum atomic E-state index is 11.4. The SMILES string of the molecule is CC[C@@]1(NC(CCC(C)(C)C)C(=O)O)C=CC=CC1.Cl. The number of carboxylic acid groups (broad SMARTS) is 1. The van der Waals surface area contributed by atoms with E-state index in [2.05, 4.69) is 45.2 Å². The van der Waals surface area contributed by atoms with E-state index in [1.807, 2.05) is 12.2 Å². The van der Waals surface area contributed by atoms with Crippen LogP contribution >= 0.6 is 12.4 Å². The Labute approximate surface area is 128 Å². The average molecular weight is 302 g/mol. The molecule has 3 nitrogen and oxygen atoms in total. The molecule has 0 amide bonds. The number of hydrogen-bond donors (Lipinski definition) is 2. The molecule has 0 aromatic carbocycles. The van der Waals surface area contributed by atoms with E-state index < -0.39 is 12.0 Å². The lowest BCUT2D eigenvalue weighted by Gasteiger charge is -2.35. The summed E-state index contributed by atoms with van der Waals surface area (Å²) in [6.07, 6.45) is 11.5. The van der Waals surface area contributed by atoms with Crippen molar-refractivity contribution in [3.63, 3.8) is 0 Å². The Morgan fingerprint density at radius 2 is 2.05 bits per heavy atom. The highest BCUT2D eigenvalue weighted by atomic mass is 35.5. The molecule has 1 aliphatic rings. The highest BCUT2D eigenvalue weighted by molar-refractivity contribution is 5.85. The fourth-order valence-corrected chi connectivity index (χ4v) is 2.32. The van der Waals surface area contributed by atoms with Crippen molar-refractivity contribution in [1.29, 1.82) is 0 Å². The summed E-state index contributed by atoms with van der Waals surface area (Å²) in [7, 11) is 0. The van der Waals surface area contributed by atoms with Gasteiger partial charge < -0.3 is 5.11 Å². The van der Waals surface area contributed by atoms with Crippen molar-refractivity contribution in [2.75, 3.05) is 0 Å². The summed E-state index contributed by atoms with van der Waals surface area (Å²) in [5.41, 5.74) is -0.0350. The first-order chi connectivity index (χ1) is 8.78. The summed E-state index contributed by atoms with van der Waals surface area (Å²) >= 11 is 0. The van der Waals surface area contributed by atoms with Crippen molar-refractivity contribution >= 4 is 18.4 Å². The third kappa shape index (κ3) is 6.10. The summed E-state index contributed by atoms with van der Waals surface area (Å²) in [5.74, 6) is -0.750. The Kier molecular flexibility index (Phi) is 7.53. The number of aliphatic carboxylic acids is 1. The topological polar surface area (TPSA) is 49.3 Å². The molecule has 0 aromatic rings. The lowest BCUT2D eigenvalue weighted by molar-refractivity contribution is -0.140. The van der Waals surface area contributed by atoms with E-state index in [0.29, 0.717) is 6.42 Å². The maximum Gasteiger partial charge on any atom is 0.320 e. The van der Waals surface area contributed by atoms with Crippen LogP contribution in [0.2, 0.25) is 0 Å². The van der Waals surface area contributed by atoms with Gasteiger partial charge in [-0.2, -0.15) is 0 Å². The zero-order valence-electron chi connectivity index (χ0n) is 13.0. The predicted octanol–water partition coefficient (Wildman–Crippen LogP) is 3.94. The molecule has 2 N–H and O–H groups in total. The molecule has 20 heavy (non-hydrogen) atoms. The van der Waals surface area contributed by atoms with E-state index in [1.54, 1.807) is 0 Å². The van der Waals surface area contributed by atoms with E-state index in [0.717, 1.165) is 19.3 Å². The van der Waals surface area contributed by atoms with Gasteiger partial charge in [0.15, 0.2) is 0 Å². The van der Waals surface area contributed by atoms with Crippen LogP contribution in [0.25, 0.3) is 0 Å². The number of hydrogen-bond acceptors (Lipinski definition) is 2. The number of carboxylic acids is 1. The summed E-state index contributed by atoms with van der Waals surface area (Å²) in [6, 6.07) is -0.477. The van der Waals surface area contributed by atoms with Gasteiger partial charge in [0.1, 0.15) is 6.04 Å². The molecule has 0 saturated carbocycles. The number of nitrogens with one attached hydrogen (secondary N) is 1. The summed E-state index contributed by atoms with van der Waals surface area (Å²) in [4.78, 5) is 11.4. The molecule has 0 radical (unpaired) electrons. The lowest BCUT2D eigenvalue weighted by atomic mass is 9.85. The Bertz CT molecular complexity index is 371. The molecule has 2 atom stereocenters.